The smallest absolute Gasteiger partial charge is 0.308 e. The van der Waals surface area contributed by atoms with Crippen molar-refractivity contribution in [1.29, 1.82) is 0 Å². The van der Waals surface area contributed by atoms with Crippen molar-refractivity contribution in [3.8, 4) is 0 Å². The molecule has 6 nitrogen and oxygen atoms in total. The lowest BCUT2D eigenvalue weighted by Crippen LogP contribution is -2.27. The van der Waals surface area contributed by atoms with Gasteiger partial charge in [-0.25, -0.2) is 4.39 Å². The van der Waals surface area contributed by atoms with Gasteiger partial charge in [0.05, 0.1) is 21.4 Å². The zero-order valence-corrected chi connectivity index (χ0v) is 12.5. The number of nitrogens with zero attached hydrogens (tertiary/aromatic N) is 1. The Bertz CT molecular complexity index is 536. The summed E-state index contributed by atoms with van der Waals surface area (Å²) in [5.41, 5.74) is -0.353. The van der Waals surface area contributed by atoms with E-state index in [0.29, 0.717) is 0 Å². The number of hydrogen-bond donors (Lipinski definition) is 2. The van der Waals surface area contributed by atoms with E-state index in [9.17, 15) is 19.3 Å². The molecule has 8 heteroatoms. The average molecular weight is 349 g/mol. The molecule has 0 radical (unpaired) electrons. The second-order valence-electron chi connectivity index (χ2n) is 4.61. The van der Waals surface area contributed by atoms with Crippen molar-refractivity contribution in [1.82, 2.24) is 0 Å². The van der Waals surface area contributed by atoms with Crippen LogP contribution in [0, 0.1) is 27.8 Å². The van der Waals surface area contributed by atoms with E-state index in [-0.39, 0.29) is 22.6 Å². The van der Waals surface area contributed by atoms with Crippen LogP contribution in [0.3, 0.4) is 0 Å². The molecule has 0 heterocycles. The molecule has 0 saturated carbocycles. The molecule has 0 bridgehead atoms. The summed E-state index contributed by atoms with van der Waals surface area (Å²) in [6, 6.07) is 2.02. The fraction of sp³-hybridized carbons (Fsp3) is 0.417. The third-order valence-electron chi connectivity index (χ3n) is 2.87. The summed E-state index contributed by atoms with van der Waals surface area (Å²) in [7, 11) is 0. The molecule has 0 fully saturated rings. The Morgan fingerprint density at radius 1 is 1.55 bits per heavy atom. The minimum atomic E-state index is -0.990. The van der Waals surface area contributed by atoms with E-state index in [1.54, 1.807) is 13.8 Å². The van der Waals surface area contributed by atoms with Crippen molar-refractivity contribution < 1.29 is 19.2 Å². The number of halogens is 2. The molecule has 1 rings (SSSR count). The first kappa shape index (κ1) is 16.4. The molecule has 1 unspecified atom stereocenters. The van der Waals surface area contributed by atoms with Crippen LogP contribution in [0.4, 0.5) is 15.8 Å². The topological polar surface area (TPSA) is 92.5 Å². The Morgan fingerprint density at radius 3 is 2.60 bits per heavy atom. The van der Waals surface area contributed by atoms with Crippen LogP contribution in [0.25, 0.3) is 0 Å². The Labute approximate surface area is 123 Å². The van der Waals surface area contributed by atoms with Gasteiger partial charge in [-0.3, -0.25) is 14.9 Å². The van der Waals surface area contributed by atoms with Crippen LogP contribution < -0.4 is 5.32 Å². The van der Waals surface area contributed by atoms with Crippen LogP contribution in [-0.2, 0) is 4.79 Å². The van der Waals surface area contributed by atoms with Crippen molar-refractivity contribution in [2.75, 3.05) is 11.9 Å². The molecular formula is C12H14BrFN2O4. The van der Waals surface area contributed by atoms with Gasteiger partial charge < -0.3 is 10.4 Å². The predicted molar refractivity (Wildman–Crippen MR) is 75.2 cm³/mol. The number of benzene rings is 1. The minimum Gasteiger partial charge on any atom is -0.481 e. The van der Waals surface area contributed by atoms with Gasteiger partial charge in [0.2, 0.25) is 0 Å². The maximum absolute atomic E-state index is 13.3. The molecular weight excluding hydrogens is 335 g/mol. The van der Waals surface area contributed by atoms with Crippen molar-refractivity contribution in [2.45, 2.75) is 13.8 Å². The normalized spacial score (nSPS) is 12.2. The highest BCUT2D eigenvalue weighted by Gasteiger charge is 2.23. The van der Waals surface area contributed by atoms with E-state index in [1.165, 1.54) is 6.07 Å². The molecule has 1 atom stereocenters. The number of nitrogens with one attached hydrogen (secondary N) is 1. The van der Waals surface area contributed by atoms with Gasteiger partial charge in [0.1, 0.15) is 11.5 Å². The molecule has 0 saturated heterocycles. The summed E-state index contributed by atoms with van der Waals surface area (Å²) in [6.07, 6.45) is 0. The summed E-state index contributed by atoms with van der Waals surface area (Å²) in [6.45, 7) is 3.51. The summed E-state index contributed by atoms with van der Waals surface area (Å²) in [5.74, 6) is -2.57. The summed E-state index contributed by atoms with van der Waals surface area (Å²) in [5, 5.41) is 22.6. The van der Waals surface area contributed by atoms with Crippen LogP contribution in [0.5, 0.6) is 0 Å². The number of carboxylic acids is 1. The van der Waals surface area contributed by atoms with Crippen LogP contribution in [0.1, 0.15) is 13.8 Å². The quantitative estimate of drug-likeness (QED) is 0.607. The largest absolute Gasteiger partial charge is 0.481 e. The molecule has 1 aromatic rings. The Kier molecular flexibility index (Phi) is 5.43. The van der Waals surface area contributed by atoms with Gasteiger partial charge in [0, 0.05) is 6.54 Å². The highest BCUT2D eigenvalue weighted by molar-refractivity contribution is 9.10. The van der Waals surface area contributed by atoms with Crippen molar-refractivity contribution in [3.05, 3.63) is 32.5 Å². The molecule has 0 aliphatic carbocycles. The maximum Gasteiger partial charge on any atom is 0.308 e. The lowest BCUT2D eigenvalue weighted by molar-refractivity contribution is -0.384. The van der Waals surface area contributed by atoms with E-state index < -0.39 is 28.3 Å². The van der Waals surface area contributed by atoms with Crippen LogP contribution in [0.2, 0.25) is 0 Å². The number of carboxylic acid groups (broad SMARTS) is 1. The number of aliphatic carboxylic acids is 1. The van der Waals surface area contributed by atoms with Crippen LogP contribution in [-0.4, -0.2) is 22.5 Å². The van der Waals surface area contributed by atoms with E-state index in [1.807, 2.05) is 0 Å². The highest BCUT2D eigenvalue weighted by atomic mass is 79.9. The van der Waals surface area contributed by atoms with Gasteiger partial charge in [0.15, 0.2) is 0 Å². The fourth-order valence-corrected chi connectivity index (χ4v) is 2.00. The zero-order valence-electron chi connectivity index (χ0n) is 10.9. The SMILES string of the molecule is CC(C)C(CNc1cc(Br)c(F)cc1[N+](=O)[O-])C(=O)O. The molecule has 0 aliphatic rings. The minimum absolute atomic E-state index is 0.0198. The average Bonchev–Trinajstić information content (AvgIpc) is 2.32. The zero-order chi connectivity index (χ0) is 15.4. The van der Waals surface area contributed by atoms with Crippen LogP contribution >= 0.6 is 15.9 Å². The second-order valence-corrected chi connectivity index (χ2v) is 5.46. The van der Waals surface area contributed by atoms with Crippen LogP contribution in [0.15, 0.2) is 16.6 Å². The number of carbonyl (C=O) groups is 1. The van der Waals surface area contributed by atoms with E-state index in [0.717, 1.165) is 6.07 Å². The lowest BCUT2D eigenvalue weighted by atomic mass is 9.96. The van der Waals surface area contributed by atoms with E-state index in [2.05, 4.69) is 21.2 Å². The molecule has 0 amide bonds. The number of nitro groups is 1. The first-order valence-corrected chi connectivity index (χ1v) is 6.63. The van der Waals surface area contributed by atoms with Gasteiger partial charge in [0.25, 0.3) is 5.69 Å². The molecule has 0 aliphatic heterocycles. The number of rotatable bonds is 6. The predicted octanol–water partition coefficient (Wildman–Crippen LogP) is 3.27. The molecule has 2 N–H and O–H groups in total. The van der Waals surface area contributed by atoms with Gasteiger partial charge >= 0.3 is 5.97 Å². The Morgan fingerprint density at radius 2 is 2.15 bits per heavy atom. The van der Waals surface area contributed by atoms with E-state index >= 15 is 0 Å². The summed E-state index contributed by atoms with van der Waals surface area (Å²) in [4.78, 5) is 21.2. The number of hydrogen-bond acceptors (Lipinski definition) is 4. The molecule has 0 spiro atoms. The molecule has 20 heavy (non-hydrogen) atoms. The Balaban J connectivity index is 3.00. The third kappa shape index (κ3) is 3.89. The highest BCUT2D eigenvalue weighted by Crippen LogP contribution is 2.31. The Hall–Kier alpha value is -1.70. The molecule has 0 aromatic heterocycles. The second kappa shape index (κ2) is 6.65. The van der Waals surface area contributed by atoms with Gasteiger partial charge in [-0.1, -0.05) is 13.8 Å². The maximum atomic E-state index is 13.3. The van der Waals surface area contributed by atoms with Gasteiger partial charge in [-0.15, -0.1) is 0 Å². The summed E-state index contributed by atoms with van der Waals surface area (Å²) < 4.78 is 13.4. The van der Waals surface area contributed by atoms with E-state index in [4.69, 9.17) is 5.11 Å². The third-order valence-corrected chi connectivity index (χ3v) is 3.48. The molecule has 110 valence electrons. The number of anilines is 1. The van der Waals surface area contributed by atoms with Crippen molar-refractivity contribution >= 4 is 33.3 Å². The standard InChI is InChI=1S/C12H14BrFN2O4/c1-6(2)7(12(17)18)5-15-10-3-8(13)9(14)4-11(10)16(19)20/h3-4,6-7,15H,5H2,1-2H3,(H,17,18). The summed E-state index contributed by atoms with van der Waals surface area (Å²) >= 11 is 2.94. The van der Waals surface area contributed by atoms with Gasteiger partial charge in [-0.05, 0) is 27.9 Å². The van der Waals surface area contributed by atoms with Gasteiger partial charge in [-0.2, -0.15) is 0 Å². The molecule has 1 aromatic carbocycles. The first-order chi connectivity index (χ1) is 9.23. The monoisotopic (exact) mass is 348 g/mol. The van der Waals surface area contributed by atoms with Crippen molar-refractivity contribution in [2.24, 2.45) is 11.8 Å². The lowest BCUT2D eigenvalue weighted by Gasteiger charge is -2.17. The fourth-order valence-electron chi connectivity index (χ4n) is 1.66. The first-order valence-electron chi connectivity index (χ1n) is 5.84. The van der Waals surface area contributed by atoms with Crippen molar-refractivity contribution in [3.63, 3.8) is 0 Å². The number of nitro benzene ring substituents is 1.